The van der Waals surface area contributed by atoms with Crippen molar-refractivity contribution in [3.63, 3.8) is 0 Å². The molecule has 5 nitrogen and oxygen atoms in total. The van der Waals surface area contributed by atoms with Crippen molar-refractivity contribution in [1.82, 2.24) is 9.03 Å². The van der Waals surface area contributed by atoms with Gasteiger partial charge >= 0.3 is 0 Å². The van der Waals surface area contributed by atoms with Gasteiger partial charge in [0.2, 0.25) is 0 Å². The Labute approximate surface area is 109 Å². The first-order valence-electron chi connectivity index (χ1n) is 5.83. The third kappa shape index (κ3) is 5.09. The monoisotopic (exact) mass is 284 g/mol. The number of rotatable bonds is 6. The number of ether oxygens (including phenoxy) is 1. The van der Waals surface area contributed by atoms with Crippen molar-refractivity contribution < 1.29 is 13.2 Å². The maximum Gasteiger partial charge on any atom is 0.279 e. The molecule has 102 valence electrons. The van der Waals surface area contributed by atoms with Gasteiger partial charge in [-0.05, 0) is 18.8 Å². The van der Waals surface area contributed by atoms with Crippen LogP contribution in [0.4, 0.5) is 0 Å². The molecule has 0 spiro atoms. The molecule has 0 aliphatic carbocycles. The fraction of sp³-hybridized carbons (Fsp3) is 1.00. The van der Waals surface area contributed by atoms with Crippen LogP contribution >= 0.6 is 11.6 Å². The van der Waals surface area contributed by atoms with Gasteiger partial charge in [0.15, 0.2) is 0 Å². The van der Waals surface area contributed by atoms with Crippen molar-refractivity contribution in [3.05, 3.63) is 0 Å². The second kappa shape index (κ2) is 6.89. The van der Waals surface area contributed by atoms with E-state index in [0.717, 1.165) is 12.8 Å². The van der Waals surface area contributed by atoms with Crippen molar-refractivity contribution in [2.75, 3.05) is 33.4 Å². The maximum atomic E-state index is 12.0. The fourth-order valence-electron chi connectivity index (χ4n) is 1.89. The predicted octanol–water partition coefficient (Wildman–Crippen LogP) is 0.807. The van der Waals surface area contributed by atoms with E-state index in [0.29, 0.717) is 25.6 Å². The topological polar surface area (TPSA) is 58.6 Å². The summed E-state index contributed by atoms with van der Waals surface area (Å²) >= 11 is 5.88. The predicted molar refractivity (Wildman–Crippen MR) is 68.4 cm³/mol. The van der Waals surface area contributed by atoms with Gasteiger partial charge in [0.1, 0.15) is 0 Å². The Kier molecular flexibility index (Phi) is 6.16. The van der Waals surface area contributed by atoms with E-state index in [1.165, 1.54) is 11.4 Å². The molecule has 1 N–H and O–H groups in total. The number of hydrogen-bond acceptors (Lipinski definition) is 3. The van der Waals surface area contributed by atoms with Crippen LogP contribution in [0.3, 0.4) is 0 Å². The average molecular weight is 285 g/mol. The van der Waals surface area contributed by atoms with Gasteiger partial charge in [-0.3, -0.25) is 0 Å². The third-order valence-corrected chi connectivity index (χ3v) is 4.62. The highest BCUT2D eigenvalue weighted by Crippen LogP contribution is 2.17. The molecule has 0 radical (unpaired) electrons. The molecule has 1 heterocycles. The van der Waals surface area contributed by atoms with Crippen LogP contribution in [0.15, 0.2) is 0 Å². The Morgan fingerprint density at radius 3 is 2.88 bits per heavy atom. The maximum absolute atomic E-state index is 12.0. The molecule has 0 aromatic carbocycles. The van der Waals surface area contributed by atoms with Gasteiger partial charge < -0.3 is 4.74 Å². The molecule has 1 rings (SSSR count). The Bertz CT molecular complexity index is 324. The first kappa shape index (κ1) is 15.2. The number of piperidine rings is 1. The summed E-state index contributed by atoms with van der Waals surface area (Å²) in [5, 5.41) is -0.336. The summed E-state index contributed by atoms with van der Waals surface area (Å²) in [7, 11) is -1.85. The summed E-state index contributed by atoms with van der Waals surface area (Å²) in [6.45, 7) is 3.78. The Balaban J connectivity index is 2.44. The molecule has 1 aliphatic heterocycles. The van der Waals surface area contributed by atoms with Crippen LogP contribution in [0.5, 0.6) is 0 Å². The number of nitrogens with zero attached hydrogens (tertiary/aromatic N) is 1. The molecule has 2 unspecified atom stereocenters. The van der Waals surface area contributed by atoms with E-state index in [9.17, 15) is 8.42 Å². The highest BCUT2D eigenvalue weighted by molar-refractivity contribution is 7.87. The minimum Gasteiger partial charge on any atom is -0.383 e. The highest BCUT2D eigenvalue weighted by atomic mass is 35.5. The molecular formula is C10H21ClN2O3S. The number of nitrogens with one attached hydrogen (secondary N) is 1. The Morgan fingerprint density at radius 1 is 1.59 bits per heavy atom. The lowest BCUT2D eigenvalue weighted by atomic mass is 10.0. The number of alkyl halides is 1. The van der Waals surface area contributed by atoms with Crippen molar-refractivity contribution in [2.24, 2.45) is 5.92 Å². The summed E-state index contributed by atoms with van der Waals surface area (Å²) in [6.07, 6.45) is 2.01. The largest absolute Gasteiger partial charge is 0.383 e. The molecule has 0 aromatic heterocycles. The molecule has 7 heteroatoms. The fourth-order valence-corrected chi connectivity index (χ4v) is 3.60. The van der Waals surface area contributed by atoms with Gasteiger partial charge in [0.05, 0.1) is 12.0 Å². The van der Waals surface area contributed by atoms with Crippen LogP contribution in [0.25, 0.3) is 0 Å². The second-order valence-electron chi connectivity index (χ2n) is 4.51. The summed E-state index contributed by atoms with van der Waals surface area (Å²) in [5.74, 6) is 0.422. The molecule has 1 saturated heterocycles. The Morgan fingerprint density at radius 2 is 2.29 bits per heavy atom. The van der Waals surface area contributed by atoms with Crippen LogP contribution in [0.1, 0.15) is 19.8 Å². The minimum atomic E-state index is -3.39. The smallest absolute Gasteiger partial charge is 0.279 e. The van der Waals surface area contributed by atoms with Crippen LogP contribution < -0.4 is 4.72 Å². The van der Waals surface area contributed by atoms with Crippen molar-refractivity contribution >= 4 is 21.8 Å². The van der Waals surface area contributed by atoms with E-state index >= 15 is 0 Å². The van der Waals surface area contributed by atoms with E-state index < -0.39 is 10.2 Å². The molecule has 1 fully saturated rings. The van der Waals surface area contributed by atoms with Crippen LogP contribution in [0.2, 0.25) is 0 Å². The lowest BCUT2D eigenvalue weighted by Crippen LogP contribution is -2.47. The van der Waals surface area contributed by atoms with Gasteiger partial charge in [0.25, 0.3) is 10.2 Å². The Hall–Kier alpha value is 0.120. The lowest BCUT2D eigenvalue weighted by molar-refractivity contribution is 0.198. The van der Waals surface area contributed by atoms with Gasteiger partial charge in [-0.25, -0.2) is 4.72 Å². The first-order chi connectivity index (χ1) is 7.95. The molecule has 0 aromatic rings. The normalized spacial score (nSPS) is 24.8. The zero-order chi connectivity index (χ0) is 12.9. The van der Waals surface area contributed by atoms with E-state index in [-0.39, 0.29) is 11.9 Å². The number of halogens is 1. The van der Waals surface area contributed by atoms with Gasteiger partial charge in [-0.15, -0.1) is 11.6 Å². The van der Waals surface area contributed by atoms with Crippen molar-refractivity contribution in [2.45, 2.75) is 25.1 Å². The SMILES string of the molecule is COCC(Cl)CNS(=O)(=O)N1CCCC(C)C1. The average Bonchev–Trinajstić information content (AvgIpc) is 2.27. The van der Waals surface area contributed by atoms with Crippen LogP contribution in [-0.2, 0) is 14.9 Å². The quantitative estimate of drug-likeness (QED) is 0.734. The number of methoxy groups -OCH3 is 1. The van der Waals surface area contributed by atoms with Gasteiger partial charge in [0, 0.05) is 26.7 Å². The zero-order valence-corrected chi connectivity index (χ0v) is 11.9. The standard InChI is InChI=1S/C10H21ClN2O3S/c1-9-4-3-5-13(7-9)17(14,15)12-6-10(11)8-16-2/h9-10,12H,3-8H2,1-2H3. The van der Waals surface area contributed by atoms with Crippen LogP contribution in [-0.4, -0.2) is 51.5 Å². The molecule has 0 bridgehead atoms. The second-order valence-corrected chi connectivity index (χ2v) is 6.88. The van der Waals surface area contributed by atoms with Crippen molar-refractivity contribution in [1.29, 1.82) is 0 Å². The van der Waals surface area contributed by atoms with Crippen LogP contribution in [0, 0.1) is 5.92 Å². The minimum absolute atomic E-state index is 0.197. The zero-order valence-electron chi connectivity index (χ0n) is 10.4. The molecule has 17 heavy (non-hydrogen) atoms. The molecule has 0 amide bonds. The first-order valence-corrected chi connectivity index (χ1v) is 7.71. The number of hydrogen-bond donors (Lipinski definition) is 1. The molecule has 1 aliphatic rings. The summed E-state index contributed by atoms with van der Waals surface area (Å²) in [4.78, 5) is 0. The highest BCUT2D eigenvalue weighted by Gasteiger charge is 2.27. The van der Waals surface area contributed by atoms with Crippen molar-refractivity contribution in [3.8, 4) is 0 Å². The molecule has 0 saturated carbocycles. The lowest BCUT2D eigenvalue weighted by Gasteiger charge is -2.30. The third-order valence-electron chi connectivity index (χ3n) is 2.79. The molecule has 2 atom stereocenters. The van der Waals surface area contributed by atoms with Gasteiger partial charge in [-0.1, -0.05) is 6.92 Å². The van der Waals surface area contributed by atoms with E-state index in [4.69, 9.17) is 16.3 Å². The summed E-state index contributed by atoms with van der Waals surface area (Å²) in [5.41, 5.74) is 0. The summed E-state index contributed by atoms with van der Waals surface area (Å²) < 4.78 is 32.8. The summed E-state index contributed by atoms with van der Waals surface area (Å²) in [6, 6.07) is 0. The van der Waals surface area contributed by atoms with E-state index in [1.54, 1.807) is 0 Å². The molecular weight excluding hydrogens is 264 g/mol. The van der Waals surface area contributed by atoms with E-state index in [2.05, 4.69) is 11.6 Å². The van der Waals surface area contributed by atoms with Gasteiger partial charge in [-0.2, -0.15) is 12.7 Å². The van der Waals surface area contributed by atoms with E-state index in [1.807, 2.05) is 0 Å².